The molecule has 2 aliphatic heterocycles. The van der Waals surface area contributed by atoms with E-state index in [0.29, 0.717) is 0 Å². The van der Waals surface area contributed by atoms with E-state index >= 15 is 0 Å². The van der Waals surface area contributed by atoms with Gasteiger partial charge in [0.15, 0.2) is 6.10 Å². The van der Waals surface area contributed by atoms with Gasteiger partial charge in [0.05, 0.1) is 11.4 Å². The van der Waals surface area contributed by atoms with E-state index in [1.54, 1.807) is 23.6 Å². The molecule has 186 valence electrons. The minimum atomic E-state index is -1.29. The maximum atomic E-state index is 14.3. The third kappa shape index (κ3) is 3.33. The fourth-order valence-electron chi connectivity index (χ4n) is 6.01. The van der Waals surface area contributed by atoms with Crippen LogP contribution in [0.1, 0.15) is 58.9 Å². The molecule has 1 atom stereocenters. The highest BCUT2D eigenvalue weighted by Gasteiger charge is 2.75. The van der Waals surface area contributed by atoms with Crippen LogP contribution in [0.15, 0.2) is 54.6 Å². The van der Waals surface area contributed by atoms with E-state index in [-0.39, 0.29) is 11.8 Å². The molecule has 2 amide bonds. The van der Waals surface area contributed by atoms with E-state index in [1.165, 1.54) is 0 Å². The van der Waals surface area contributed by atoms with Gasteiger partial charge in [0.2, 0.25) is 11.8 Å². The number of epoxide rings is 1. The number of hydrogen-bond donors (Lipinski definition) is 0. The molecular formula is C31H34N2O3. The van der Waals surface area contributed by atoms with E-state index in [0.717, 1.165) is 50.3 Å². The molecule has 5 rings (SSSR count). The van der Waals surface area contributed by atoms with Crippen LogP contribution in [0.25, 0.3) is 0 Å². The highest BCUT2D eigenvalue weighted by atomic mass is 16.7. The molecule has 0 radical (unpaired) electrons. The number of benzene rings is 3. The van der Waals surface area contributed by atoms with Gasteiger partial charge in [-0.3, -0.25) is 19.4 Å². The summed E-state index contributed by atoms with van der Waals surface area (Å²) in [6.45, 7) is 15.6. The van der Waals surface area contributed by atoms with Crippen LogP contribution in [0, 0.1) is 47.0 Å². The zero-order chi connectivity index (χ0) is 26.2. The third-order valence-corrected chi connectivity index (χ3v) is 7.51. The molecule has 3 aromatic rings. The Labute approximate surface area is 213 Å². The first-order chi connectivity index (χ1) is 16.9. The first-order valence-corrected chi connectivity index (χ1v) is 12.5. The maximum absolute atomic E-state index is 14.3. The van der Waals surface area contributed by atoms with E-state index < -0.39 is 17.4 Å². The van der Waals surface area contributed by atoms with Crippen LogP contribution in [0.4, 0.5) is 11.4 Å². The fraction of sp³-hybridized carbons (Fsp3) is 0.355. The van der Waals surface area contributed by atoms with Gasteiger partial charge in [0, 0.05) is 0 Å². The highest BCUT2D eigenvalue weighted by Crippen LogP contribution is 2.61. The Bertz CT molecular complexity index is 1280. The quantitative estimate of drug-likeness (QED) is 0.322. The van der Waals surface area contributed by atoms with Crippen molar-refractivity contribution >= 4 is 23.2 Å². The van der Waals surface area contributed by atoms with Gasteiger partial charge >= 0.3 is 0 Å². The predicted molar refractivity (Wildman–Crippen MR) is 143 cm³/mol. The molecule has 2 saturated heterocycles. The second-order valence-electron chi connectivity index (χ2n) is 11.0. The fourth-order valence-corrected chi connectivity index (χ4v) is 6.01. The predicted octanol–water partition coefficient (Wildman–Crippen LogP) is 6.37. The van der Waals surface area contributed by atoms with Crippen LogP contribution >= 0.6 is 0 Å². The molecule has 0 aromatic heterocycles. The first kappa shape index (κ1) is 24.3. The van der Waals surface area contributed by atoms with Crippen molar-refractivity contribution in [2.45, 2.75) is 67.3 Å². The van der Waals surface area contributed by atoms with Gasteiger partial charge < -0.3 is 4.74 Å². The van der Waals surface area contributed by atoms with Crippen LogP contribution in [-0.2, 0) is 14.3 Å². The lowest BCUT2D eigenvalue weighted by Gasteiger charge is -2.49. The van der Waals surface area contributed by atoms with Crippen LogP contribution in [0.3, 0.4) is 0 Å². The Hall–Kier alpha value is -3.44. The molecule has 0 saturated carbocycles. The van der Waals surface area contributed by atoms with Gasteiger partial charge in [-0.2, -0.15) is 0 Å². The van der Waals surface area contributed by atoms with Gasteiger partial charge in [-0.05, 0) is 83.2 Å². The number of nitrogens with zero attached hydrogens (tertiary/aromatic N) is 2. The smallest absolute Gasteiger partial charge is 0.267 e. The second-order valence-corrected chi connectivity index (χ2v) is 11.0. The summed E-state index contributed by atoms with van der Waals surface area (Å²) < 4.78 is 6.59. The normalized spacial score (nSPS) is 20.3. The summed E-state index contributed by atoms with van der Waals surface area (Å²) in [7, 11) is 0. The number of anilines is 2. The van der Waals surface area contributed by atoms with E-state index in [1.807, 2.05) is 58.0 Å². The Morgan fingerprint density at radius 3 is 1.44 bits per heavy atom. The van der Waals surface area contributed by atoms with Crippen molar-refractivity contribution in [3.8, 4) is 0 Å². The molecule has 0 bridgehead atoms. The second kappa shape index (κ2) is 8.04. The van der Waals surface area contributed by atoms with Crippen LogP contribution in [0.5, 0.6) is 0 Å². The van der Waals surface area contributed by atoms with Crippen molar-refractivity contribution in [1.82, 2.24) is 0 Å². The average Bonchev–Trinajstić information content (AvgIpc) is 3.53. The SMILES string of the molecule is Cc1cc(C)c(N2C(=O)C(C)(C)C(=O)N(c3c(C)cc(C)cc3C)C23OC3c2ccccc2)c(C)c1. The van der Waals surface area contributed by atoms with E-state index in [2.05, 4.69) is 38.1 Å². The number of carbonyl (C=O) groups excluding carboxylic acids is 2. The Kier molecular flexibility index (Phi) is 5.42. The van der Waals surface area contributed by atoms with Gasteiger partial charge in [-0.15, -0.1) is 0 Å². The molecule has 2 aliphatic rings. The molecule has 3 aromatic carbocycles. The summed E-state index contributed by atoms with van der Waals surface area (Å²) in [4.78, 5) is 32.1. The van der Waals surface area contributed by atoms with E-state index in [9.17, 15) is 9.59 Å². The number of ether oxygens (including phenoxy) is 1. The largest absolute Gasteiger partial charge is 0.319 e. The van der Waals surface area contributed by atoms with E-state index in [4.69, 9.17) is 4.74 Å². The molecule has 5 heteroatoms. The molecule has 2 fully saturated rings. The summed E-state index contributed by atoms with van der Waals surface area (Å²) >= 11 is 0. The van der Waals surface area contributed by atoms with Gasteiger partial charge in [0.1, 0.15) is 5.41 Å². The first-order valence-electron chi connectivity index (χ1n) is 12.5. The molecule has 5 nitrogen and oxygen atoms in total. The van der Waals surface area contributed by atoms with Gasteiger partial charge in [0.25, 0.3) is 5.85 Å². The zero-order valence-corrected chi connectivity index (χ0v) is 22.4. The molecule has 1 unspecified atom stereocenters. The Balaban J connectivity index is 1.84. The number of rotatable bonds is 3. The summed E-state index contributed by atoms with van der Waals surface area (Å²) in [6.07, 6.45) is -0.483. The number of hydrogen-bond acceptors (Lipinski definition) is 3. The number of carbonyl (C=O) groups is 2. The molecular weight excluding hydrogens is 448 g/mol. The Morgan fingerprint density at radius 2 is 1.06 bits per heavy atom. The number of amides is 2. The standard InChI is InChI=1S/C31H34N2O3/c1-18-14-20(3)25(21(4)15-18)32-28(34)30(7,8)29(35)33(26-22(5)16-19(2)17-23(26)6)31(32)27(36-31)24-12-10-9-11-13-24/h9-17,27H,1-8H3. The lowest BCUT2D eigenvalue weighted by atomic mass is 9.83. The molecule has 0 aliphatic carbocycles. The minimum Gasteiger partial charge on any atom is -0.319 e. The van der Waals surface area contributed by atoms with Crippen LogP contribution in [0.2, 0.25) is 0 Å². The topological polar surface area (TPSA) is 53.2 Å². The number of aryl methyl sites for hydroxylation is 6. The summed E-state index contributed by atoms with van der Waals surface area (Å²) in [5, 5.41) is 0. The van der Waals surface area contributed by atoms with Crippen molar-refractivity contribution in [3.63, 3.8) is 0 Å². The minimum absolute atomic E-state index is 0.250. The van der Waals surface area contributed by atoms with Crippen molar-refractivity contribution in [2.75, 3.05) is 9.80 Å². The monoisotopic (exact) mass is 482 g/mol. The lowest BCUT2D eigenvalue weighted by Crippen LogP contribution is -2.70. The average molecular weight is 483 g/mol. The summed E-state index contributed by atoms with van der Waals surface area (Å²) in [5.41, 5.74) is 7.42. The third-order valence-electron chi connectivity index (χ3n) is 7.51. The molecule has 1 spiro atoms. The summed E-state index contributed by atoms with van der Waals surface area (Å²) in [5.74, 6) is -1.79. The lowest BCUT2D eigenvalue weighted by molar-refractivity contribution is -0.143. The Morgan fingerprint density at radius 1 is 0.667 bits per heavy atom. The maximum Gasteiger partial charge on any atom is 0.267 e. The van der Waals surface area contributed by atoms with Crippen molar-refractivity contribution in [3.05, 3.63) is 93.5 Å². The van der Waals surface area contributed by atoms with Gasteiger partial charge in [-0.25, -0.2) is 0 Å². The molecule has 0 N–H and O–H groups in total. The van der Waals surface area contributed by atoms with Crippen LogP contribution < -0.4 is 9.80 Å². The molecule has 2 heterocycles. The highest BCUT2D eigenvalue weighted by molar-refractivity contribution is 6.21. The van der Waals surface area contributed by atoms with Gasteiger partial charge in [-0.1, -0.05) is 65.7 Å². The molecule has 36 heavy (non-hydrogen) atoms. The summed E-state index contributed by atoms with van der Waals surface area (Å²) in [6, 6.07) is 18.2. The van der Waals surface area contributed by atoms with Crippen LogP contribution in [-0.4, -0.2) is 17.7 Å². The zero-order valence-electron chi connectivity index (χ0n) is 22.4. The van der Waals surface area contributed by atoms with Crippen molar-refractivity contribution in [1.29, 1.82) is 0 Å². The van der Waals surface area contributed by atoms with Crippen molar-refractivity contribution in [2.24, 2.45) is 5.41 Å². The van der Waals surface area contributed by atoms with Crippen molar-refractivity contribution < 1.29 is 14.3 Å².